The van der Waals surface area contributed by atoms with Crippen molar-refractivity contribution in [2.75, 3.05) is 0 Å². The summed E-state index contributed by atoms with van der Waals surface area (Å²) in [4.78, 5) is 1.22. The van der Waals surface area contributed by atoms with Crippen LogP contribution in [0.15, 0.2) is 30.0 Å². The van der Waals surface area contributed by atoms with Crippen molar-refractivity contribution in [3.63, 3.8) is 0 Å². The Bertz CT molecular complexity index is 370. The van der Waals surface area contributed by atoms with Gasteiger partial charge in [-0.15, -0.1) is 0 Å². The summed E-state index contributed by atoms with van der Waals surface area (Å²) in [6, 6.07) is 6.64. The van der Waals surface area contributed by atoms with Crippen LogP contribution in [-0.4, -0.2) is 5.37 Å². The normalized spacial score (nSPS) is 18.9. The van der Waals surface area contributed by atoms with Crippen LogP contribution in [0.3, 0.4) is 0 Å². The van der Waals surface area contributed by atoms with E-state index in [1.165, 1.54) is 22.7 Å². The van der Waals surface area contributed by atoms with Gasteiger partial charge in [-0.1, -0.05) is 37.7 Å². The Morgan fingerprint density at radius 1 is 1.19 bits per heavy atom. The van der Waals surface area contributed by atoms with Crippen LogP contribution in [0.2, 0.25) is 0 Å². The molecule has 88 valence electrons. The van der Waals surface area contributed by atoms with E-state index in [2.05, 4.69) is 19.2 Å². The number of benzene rings is 1. The van der Waals surface area contributed by atoms with Crippen molar-refractivity contribution in [2.45, 2.75) is 33.1 Å². The van der Waals surface area contributed by atoms with Gasteiger partial charge in [-0.3, -0.25) is 0 Å². The van der Waals surface area contributed by atoms with Crippen molar-refractivity contribution in [1.82, 2.24) is 5.32 Å². The predicted octanol–water partition coefficient (Wildman–Crippen LogP) is 4.22. The number of nitrogens with one attached hydrogen (secondary N) is 1. The summed E-state index contributed by atoms with van der Waals surface area (Å²) < 4.78 is 12.7. The Balaban J connectivity index is 0.000000606. The lowest BCUT2D eigenvalue weighted by molar-refractivity contribution is 0.627. The lowest BCUT2D eigenvalue weighted by Crippen LogP contribution is -2.14. The lowest BCUT2D eigenvalue weighted by Gasteiger charge is -2.02. The third-order valence-electron chi connectivity index (χ3n) is 2.16. The van der Waals surface area contributed by atoms with Gasteiger partial charge in [-0.25, -0.2) is 4.39 Å². The van der Waals surface area contributed by atoms with Gasteiger partial charge in [0.15, 0.2) is 0 Å². The zero-order valence-corrected chi connectivity index (χ0v) is 11.0. The van der Waals surface area contributed by atoms with Crippen LogP contribution < -0.4 is 5.32 Å². The lowest BCUT2D eigenvalue weighted by atomic mass is 10.2. The number of halogens is 1. The Morgan fingerprint density at radius 3 is 2.19 bits per heavy atom. The van der Waals surface area contributed by atoms with E-state index in [9.17, 15) is 4.39 Å². The summed E-state index contributed by atoms with van der Waals surface area (Å²) in [5, 5.41) is 3.74. The fourth-order valence-electron chi connectivity index (χ4n) is 1.55. The largest absolute Gasteiger partial charge is 0.376 e. The highest BCUT2D eigenvalue weighted by Gasteiger charge is 2.18. The second kappa shape index (κ2) is 5.94. The Hall–Kier alpha value is -0.960. The molecule has 0 amide bonds. The first-order chi connectivity index (χ1) is 7.66. The monoisotopic (exact) mass is 239 g/mol. The molecule has 1 aromatic rings. The van der Waals surface area contributed by atoms with Crippen molar-refractivity contribution in [2.24, 2.45) is 0 Å². The molecular formula is C13H18FNS. The average molecular weight is 239 g/mol. The van der Waals surface area contributed by atoms with Gasteiger partial charge >= 0.3 is 0 Å². The fourth-order valence-corrected chi connectivity index (χ4v) is 2.65. The topological polar surface area (TPSA) is 12.0 Å². The van der Waals surface area contributed by atoms with Gasteiger partial charge in [0.05, 0.1) is 5.37 Å². The van der Waals surface area contributed by atoms with E-state index < -0.39 is 0 Å². The zero-order chi connectivity index (χ0) is 12.1. The van der Waals surface area contributed by atoms with Crippen molar-refractivity contribution < 1.29 is 4.39 Å². The maximum Gasteiger partial charge on any atom is 0.123 e. The number of hydrogen-bond acceptors (Lipinski definition) is 2. The third-order valence-corrected chi connectivity index (χ3v) is 3.41. The molecule has 0 saturated carbocycles. The van der Waals surface area contributed by atoms with E-state index in [1.807, 2.05) is 26.0 Å². The second-order valence-electron chi connectivity index (χ2n) is 3.37. The summed E-state index contributed by atoms with van der Waals surface area (Å²) in [6.07, 6.45) is 0. The molecule has 1 aromatic carbocycles. The summed E-state index contributed by atoms with van der Waals surface area (Å²) >= 11 is 1.78. The fraction of sp³-hybridized carbons (Fsp3) is 0.385. The smallest absolute Gasteiger partial charge is 0.123 e. The summed E-state index contributed by atoms with van der Waals surface area (Å²) in [5.74, 6) is -0.184. The molecule has 1 nitrogen and oxygen atoms in total. The van der Waals surface area contributed by atoms with E-state index >= 15 is 0 Å². The molecule has 1 atom stereocenters. The first-order valence-corrected chi connectivity index (χ1v) is 6.45. The number of thioether (sulfide) groups is 1. The van der Waals surface area contributed by atoms with E-state index in [0.717, 1.165) is 5.56 Å². The Morgan fingerprint density at radius 2 is 1.75 bits per heavy atom. The molecule has 0 aliphatic carbocycles. The number of rotatable bonds is 1. The van der Waals surface area contributed by atoms with E-state index in [1.54, 1.807) is 11.8 Å². The molecule has 0 bridgehead atoms. The molecule has 3 heteroatoms. The average Bonchev–Trinajstić information content (AvgIpc) is 2.62. The summed E-state index contributed by atoms with van der Waals surface area (Å²) in [6.45, 7) is 8.17. The molecule has 1 heterocycles. The Kier molecular flexibility index (Phi) is 4.87. The molecule has 1 N–H and O–H groups in total. The molecule has 1 aliphatic rings. The number of hydrogen-bond donors (Lipinski definition) is 1. The third kappa shape index (κ3) is 3.01. The van der Waals surface area contributed by atoms with Gasteiger partial charge in [0.2, 0.25) is 0 Å². The van der Waals surface area contributed by atoms with Gasteiger partial charge in [0, 0.05) is 10.6 Å². The molecule has 2 rings (SSSR count). The maximum atomic E-state index is 12.7. The van der Waals surface area contributed by atoms with Gasteiger partial charge in [0.25, 0.3) is 0 Å². The van der Waals surface area contributed by atoms with E-state index in [-0.39, 0.29) is 5.82 Å². The van der Waals surface area contributed by atoms with Gasteiger partial charge in [-0.05, 0) is 31.5 Å². The molecular weight excluding hydrogens is 221 g/mol. The SMILES string of the molecule is CC.CC1=C(c2ccc(F)cc2)SC(C)N1. The van der Waals surface area contributed by atoms with E-state index in [4.69, 9.17) is 0 Å². The minimum absolute atomic E-state index is 0.184. The van der Waals surface area contributed by atoms with Crippen molar-refractivity contribution in [1.29, 1.82) is 0 Å². The van der Waals surface area contributed by atoms with Crippen molar-refractivity contribution >= 4 is 16.7 Å². The molecule has 16 heavy (non-hydrogen) atoms. The molecule has 0 spiro atoms. The highest BCUT2D eigenvalue weighted by molar-refractivity contribution is 8.09. The second-order valence-corrected chi connectivity index (χ2v) is 4.72. The maximum absolute atomic E-state index is 12.7. The highest BCUT2D eigenvalue weighted by Crippen LogP contribution is 2.37. The van der Waals surface area contributed by atoms with Gasteiger partial charge < -0.3 is 5.32 Å². The number of allylic oxidation sites excluding steroid dienone is 1. The van der Waals surface area contributed by atoms with Gasteiger partial charge in [-0.2, -0.15) is 0 Å². The summed E-state index contributed by atoms with van der Waals surface area (Å²) in [7, 11) is 0. The molecule has 1 unspecified atom stereocenters. The van der Waals surface area contributed by atoms with Crippen LogP contribution >= 0.6 is 11.8 Å². The Labute approximate surface area is 101 Å². The van der Waals surface area contributed by atoms with Gasteiger partial charge in [0.1, 0.15) is 5.82 Å². The molecule has 1 aliphatic heterocycles. The first-order valence-electron chi connectivity index (χ1n) is 5.57. The summed E-state index contributed by atoms with van der Waals surface area (Å²) in [5.41, 5.74) is 2.26. The standard InChI is InChI=1S/C11H12FNS.C2H6/c1-7-11(14-8(2)13-7)9-3-5-10(12)6-4-9;1-2/h3-6,8,13H,1-2H3;1-2H3. The molecule has 0 saturated heterocycles. The van der Waals surface area contributed by atoms with Crippen LogP contribution in [0.5, 0.6) is 0 Å². The van der Waals surface area contributed by atoms with Crippen LogP contribution in [-0.2, 0) is 0 Å². The van der Waals surface area contributed by atoms with E-state index in [0.29, 0.717) is 5.37 Å². The molecule has 0 fully saturated rings. The first kappa shape index (κ1) is 13.1. The molecule has 0 radical (unpaired) electrons. The minimum atomic E-state index is -0.184. The van der Waals surface area contributed by atoms with Crippen LogP contribution in [0, 0.1) is 5.82 Å². The highest BCUT2D eigenvalue weighted by atomic mass is 32.2. The zero-order valence-electron chi connectivity index (χ0n) is 10.2. The minimum Gasteiger partial charge on any atom is -0.376 e. The van der Waals surface area contributed by atoms with Crippen LogP contribution in [0.1, 0.15) is 33.3 Å². The van der Waals surface area contributed by atoms with Crippen LogP contribution in [0.4, 0.5) is 4.39 Å². The van der Waals surface area contributed by atoms with Crippen molar-refractivity contribution in [3.05, 3.63) is 41.3 Å². The van der Waals surface area contributed by atoms with Crippen LogP contribution in [0.25, 0.3) is 4.91 Å². The van der Waals surface area contributed by atoms with Crippen molar-refractivity contribution in [3.8, 4) is 0 Å². The predicted molar refractivity (Wildman–Crippen MR) is 70.5 cm³/mol. The quantitative estimate of drug-likeness (QED) is 0.787. The molecule has 0 aromatic heterocycles.